The first kappa shape index (κ1) is 24.8. The third-order valence-electron chi connectivity index (χ3n) is 4.59. The predicted molar refractivity (Wildman–Crippen MR) is 112 cm³/mol. The van der Waals surface area contributed by atoms with Gasteiger partial charge in [0, 0.05) is 17.6 Å². The third-order valence-corrected chi connectivity index (χ3v) is 6.37. The number of hydrogen-bond donors (Lipinski definition) is 3. The van der Waals surface area contributed by atoms with Gasteiger partial charge in [0.2, 0.25) is 15.9 Å². The molecule has 1 heterocycles. The molecule has 0 radical (unpaired) electrons. The first-order valence-corrected chi connectivity index (χ1v) is 10.8. The van der Waals surface area contributed by atoms with Crippen molar-refractivity contribution in [2.75, 3.05) is 18.4 Å². The molecular weight excluding hydrogens is 405 g/mol. The van der Waals surface area contributed by atoms with Crippen LogP contribution in [0.2, 0.25) is 0 Å². The molecule has 0 bridgehead atoms. The SMILES string of the molecule is CC(CC(=O)Nc1ccc(F)c(S(=O)(=O)NC(C)(C)C)c1)C1CCCNC1.Cl. The first-order chi connectivity index (χ1) is 12.5. The highest BCUT2D eigenvalue weighted by atomic mass is 35.5. The predicted octanol–water partition coefficient (Wildman–Crippen LogP) is 3.29. The van der Waals surface area contributed by atoms with Gasteiger partial charge in [-0.1, -0.05) is 6.92 Å². The lowest BCUT2D eigenvalue weighted by Gasteiger charge is -2.28. The van der Waals surface area contributed by atoms with E-state index in [0.29, 0.717) is 12.3 Å². The molecule has 1 aliphatic heterocycles. The normalized spacial score (nSPS) is 18.8. The average molecular weight is 436 g/mol. The summed E-state index contributed by atoms with van der Waals surface area (Å²) in [5.41, 5.74) is -0.474. The lowest BCUT2D eigenvalue weighted by Crippen LogP contribution is -2.40. The summed E-state index contributed by atoms with van der Waals surface area (Å²) in [5.74, 6) is -0.396. The Kier molecular flexibility index (Phi) is 8.87. The minimum atomic E-state index is -4.03. The van der Waals surface area contributed by atoms with E-state index in [2.05, 4.69) is 15.4 Å². The molecule has 160 valence electrons. The zero-order valence-electron chi connectivity index (χ0n) is 16.8. The Morgan fingerprint density at radius 2 is 2.04 bits per heavy atom. The number of carbonyl (C=O) groups is 1. The molecule has 1 fully saturated rings. The Labute approximate surface area is 173 Å². The highest BCUT2D eigenvalue weighted by Crippen LogP contribution is 2.24. The lowest BCUT2D eigenvalue weighted by molar-refractivity contribution is -0.117. The number of nitrogens with one attached hydrogen (secondary N) is 3. The van der Waals surface area contributed by atoms with E-state index >= 15 is 0 Å². The van der Waals surface area contributed by atoms with Crippen LogP contribution in [0, 0.1) is 17.7 Å². The van der Waals surface area contributed by atoms with E-state index < -0.39 is 26.3 Å². The van der Waals surface area contributed by atoms with Gasteiger partial charge < -0.3 is 10.6 Å². The minimum Gasteiger partial charge on any atom is -0.326 e. The van der Waals surface area contributed by atoms with Gasteiger partial charge in [0.1, 0.15) is 10.7 Å². The number of hydrogen-bond acceptors (Lipinski definition) is 4. The highest BCUT2D eigenvalue weighted by Gasteiger charge is 2.26. The van der Waals surface area contributed by atoms with E-state index in [1.807, 2.05) is 6.92 Å². The second-order valence-corrected chi connectivity index (χ2v) is 9.99. The fraction of sp³-hybridized carbons (Fsp3) is 0.632. The molecule has 2 rings (SSSR count). The van der Waals surface area contributed by atoms with Crippen LogP contribution in [0.4, 0.5) is 10.1 Å². The molecule has 9 heteroatoms. The lowest BCUT2D eigenvalue weighted by atomic mass is 9.85. The summed E-state index contributed by atoms with van der Waals surface area (Å²) in [6.07, 6.45) is 2.54. The Morgan fingerprint density at radius 1 is 1.36 bits per heavy atom. The van der Waals surface area contributed by atoms with Gasteiger partial charge in [-0.15, -0.1) is 12.4 Å². The smallest absolute Gasteiger partial charge is 0.244 e. The second-order valence-electron chi connectivity index (χ2n) is 8.34. The van der Waals surface area contributed by atoms with Crippen LogP contribution < -0.4 is 15.4 Å². The number of carbonyl (C=O) groups excluding carboxylic acids is 1. The van der Waals surface area contributed by atoms with Crippen LogP contribution in [0.3, 0.4) is 0 Å². The third kappa shape index (κ3) is 7.31. The summed E-state index contributed by atoms with van der Waals surface area (Å²) >= 11 is 0. The Morgan fingerprint density at radius 3 is 2.61 bits per heavy atom. The van der Waals surface area contributed by atoms with Gasteiger partial charge in [0.25, 0.3) is 0 Å². The molecular formula is C19H31ClFN3O3S. The number of anilines is 1. The number of amides is 1. The molecule has 0 aromatic heterocycles. The van der Waals surface area contributed by atoms with E-state index in [0.717, 1.165) is 38.1 Å². The van der Waals surface area contributed by atoms with Crippen molar-refractivity contribution in [1.29, 1.82) is 0 Å². The van der Waals surface area contributed by atoms with Crippen molar-refractivity contribution in [3.8, 4) is 0 Å². The van der Waals surface area contributed by atoms with Crippen LogP contribution >= 0.6 is 12.4 Å². The maximum atomic E-state index is 14.1. The van der Waals surface area contributed by atoms with Gasteiger partial charge in [-0.05, 0) is 76.7 Å². The zero-order valence-corrected chi connectivity index (χ0v) is 18.5. The molecule has 1 amide bonds. The molecule has 2 atom stereocenters. The van der Waals surface area contributed by atoms with Crippen LogP contribution in [0.25, 0.3) is 0 Å². The molecule has 1 aliphatic rings. The molecule has 1 aromatic carbocycles. The number of benzene rings is 1. The van der Waals surface area contributed by atoms with Gasteiger partial charge >= 0.3 is 0 Å². The molecule has 1 saturated heterocycles. The molecule has 6 nitrogen and oxygen atoms in total. The molecule has 0 saturated carbocycles. The number of piperidine rings is 1. The van der Waals surface area contributed by atoms with E-state index in [4.69, 9.17) is 0 Å². The molecule has 1 aromatic rings. The Hall–Kier alpha value is -1.22. The molecule has 28 heavy (non-hydrogen) atoms. The van der Waals surface area contributed by atoms with Crippen LogP contribution in [0.5, 0.6) is 0 Å². The van der Waals surface area contributed by atoms with Crippen molar-refractivity contribution >= 4 is 34.0 Å². The summed E-state index contributed by atoms with van der Waals surface area (Å²) in [6.45, 7) is 9.00. The maximum absolute atomic E-state index is 14.1. The van der Waals surface area contributed by atoms with Gasteiger partial charge in [0.05, 0.1) is 0 Å². The number of sulfonamides is 1. The van der Waals surface area contributed by atoms with Gasteiger partial charge in [-0.2, -0.15) is 0 Å². The summed E-state index contributed by atoms with van der Waals surface area (Å²) in [6, 6.07) is 3.59. The summed E-state index contributed by atoms with van der Waals surface area (Å²) in [7, 11) is -4.03. The van der Waals surface area contributed by atoms with E-state index in [-0.39, 0.29) is 29.9 Å². The average Bonchev–Trinajstić information content (AvgIpc) is 2.55. The van der Waals surface area contributed by atoms with Crippen LogP contribution in [-0.4, -0.2) is 33.0 Å². The molecule has 0 spiro atoms. The number of halogens is 2. The van der Waals surface area contributed by atoms with E-state index in [1.165, 1.54) is 6.07 Å². The van der Waals surface area contributed by atoms with Crippen LogP contribution in [0.15, 0.2) is 23.1 Å². The van der Waals surface area contributed by atoms with Crippen molar-refractivity contribution in [3.63, 3.8) is 0 Å². The number of rotatable bonds is 6. The highest BCUT2D eigenvalue weighted by molar-refractivity contribution is 7.89. The Balaban J connectivity index is 0.00000392. The van der Waals surface area contributed by atoms with E-state index in [1.54, 1.807) is 20.8 Å². The zero-order chi connectivity index (χ0) is 20.2. The fourth-order valence-electron chi connectivity index (χ4n) is 3.28. The van der Waals surface area contributed by atoms with Crippen molar-refractivity contribution in [2.45, 2.75) is 57.4 Å². The molecule has 0 aliphatic carbocycles. The van der Waals surface area contributed by atoms with Crippen molar-refractivity contribution in [3.05, 3.63) is 24.0 Å². The van der Waals surface area contributed by atoms with Crippen LogP contribution in [0.1, 0.15) is 47.0 Å². The van der Waals surface area contributed by atoms with Gasteiger partial charge in [-0.3, -0.25) is 4.79 Å². The quantitative estimate of drug-likeness (QED) is 0.639. The Bertz CT molecular complexity index is 775. The fourth-order valence-corrected chi connectivity index (χ4v) is 4.80. The van der Waals surface area contributed by atoms with E-state index in [9.17, 15) is 17.6 Å². The van der Waals surface area contributed by atoms with Crippen molar-refractivity contribution in [2.24, 2.45) is 11.8 Å². The topological polar surface area (TPSA) is 87.3 Å². The standard InChI is InChI=1S/C19H30FN3O3S.ClH/c1-13(14-6-5-9-21-12-14)10-18(24)22-15-7-8-16(20)17(11-15)27(25,26)23-19(2,3)4;/h7-8,11,13-14,21,23H,5-6,9-10,12H2,1-4H3,(H,22,24);1H. The summed E-state index contributed by atoms with van der Waals surface area (Å²) < 4.78 is 41.4. The molecule has 2 unspecified atom stereocenters. The van der Waals surface area contributed by atoms with Crippen LogP contribution in [-0.2, 0) is 14.8 Å². The van der Waals surface area contributed by atoms with Crippen molar-refractivity contribution < 1.29 is 17.6 Å². The summed E-state index contributed by atoms with van der Waals surface area (Å²) in [4.78, 5) is 11.9. The van der Waals surface area contributed by atoms with Gasteiger partial charge in [-0.25, -0.2) is 17.5 Å². The first-order valence-electron chi connectivity index (χ1n) is 9.32. The summed E-state index contributed by atoms with van der Waals surface area (Å²) in [5, 5.41) is 6.04. The van der Waals surface area contributed by atoms with Crippen molar-refractivity contribution in [1.82, 2.24) is 10.0 Å². The molecule has 3 N–H and O–H groups in total. The largest absolute Gasteiger partial charge is 0.326 e. The second kappa shape index (κ2) is 10.0. The van der Waals surface area contributed by atoms with Gasteiger partial charge in [0.15, 0.2) is 0 Å². The monoisotopic (exact) mass is 435 g/mol. The minimum absolute atomic E-state index is 0. The maximum Gasteiger partial charge on any atom is 0.244 e.